The van der Waals surface area contributed by atoms with Gasteiger partial charge in [-0.2, -0.15) is 0 Å². The number of aldehydes is 1. The molecular formula is C14H18N2O4. The number of benzene rings is 1. The fourth-order valence-corrected chi connectivity index (χ4v) is 2.56. The Kier molecular flexibility index (Phi) is 4.81. The van der Waals surface area contributed by atoms with Crippen LogP contribution < -0.4 is 5.32 Å². The Morgan fingerprint density at radius 1 is 1.50 bits per heavy atom. The van der Waals surface area contributed by atoms with Crippen LogP contribution in [-0.4, -0.2) is 35.9 Å². The normalized spacial score (nSPS) is 27.8. The number of carbonyl (C=O) groups is 1. The Balaban J connectivity index is 2.28. The lowest BCUT2D eigenvalue weighted by molar-refractivity contribution is -0.530. The number of nitrogens with one attached hydrogen (secondary N) is 1. The Morgan fingerprint density at radius 2 is 2.20 bits per heavy atom. The summed E-state index contributed by atoms with van der Waals surface area (Å²) in [6, 6.07) is 8.12. The molecule has 0 aromatic heterocycles. The van der Waals surface area contributed by atoms with Crippen molar-refractivity contribution in [3.63, 3.8) is 0 Å². The summed E-state index contributed by atoms with van der Waals surface area (Å²) < 4.78 is 5.73. The Labute approximate surface area is 117 Å². The molecule has 1 fully saturated rings. The zero-order chi connectivity index (χ0) is 14.5. The van der Waals surface area contributed by atoms with E-state index in [1.165, 1.54) is 0 Å². The van der Waals surface area contributed by atoms with Crippen LogP contribution in [0.2, 0.25) is 0 Å². The standard InChI is InChI=1S/C14H18N2O4/c1-2-12(16(18)19)13-14(10-6-4-3-5-7-10)20-11(9-17)8-15-13/h3-7,9,11-15H,2,8H2,1H3/t11-,12?,13-,14+/m1/s1. The lowest BCUT2D eigenvalue weighted by Gasteiger charge is -2.36. The quantitative estimate of drug-likeness (QED) is 0.499. The van der Waals surface area contributed by atoms with Crippen LogP contribution in [0.3, 0.4) is 0 Å². The van der Waals surface area contributed by atoms with E-state index in [0.29, 0.717) is 13.0 Å². The molecule has 20 heavy (non-hydrogen) atoms. The lowest BCUT2D eigenvalue weighted by Crippen LogP contribution is -2.55. The number of carbonyl (C=O) groups excluding carboxylic acids is 1. The molecule has 1 heterocycles. The maximum absolute atomic E-state index is 11.2. The SMILES string of the molecule is CCC([C@H]1NC[C@H](C=O)O[C@H]1c1ccccc1)[N+](=O)[O-]. The molecule has 0 spiro atoms. The highest BCUT2D eigenvalue weighted by molar-refractivity contribution is 5.56. The summed E-state index contributed by atoms with van der Waals surface area (Å²) in [5.41, 5.74) is 0.844. The second-order valence-electron chi connectivity index (χ2n) is 4.84. The zero-order valence-corrected chi connectivity index (χ0v) is 11.3. The van der Waals surface area contributed by atoms with Gasteiger partial charge in [-0.05, 0) is 5.56 Å². The maximum atomic E-state index is 11.2. The highest BCUT2D eigenvalue weighted by Gasteiger charge is 2.41. The third-order valence-electron chi connectivity index (χ3n) is 3.59. The summed E-state index contributed by atoms with van der Waals surface area (Å²) in [5, 5.41) is 14.3. The molecule has 1 aromatic rings. The second kappa shape index (κ2) is 6.58. The molecule has 1 N–H and O–H groups in total. The summed E-state index contributed by atoms with van der Waals surface area (Å²) in [5.74, 6) is 0. The van der Waals surface area contributed by atoms with Crippen molar-refractivity contribution < 1.29 is 14.5 Å². The molecule has 108 valence electrons. The van der Waals surface area contributed by atoms with E-state index in [2.05, 4.69) is 5.32 Å². The summed E-state index contributed by atoms with van der Waals surface area (Å²) in [6.45, 7) is 2.09. The third kappa shape index (κ3) is 3.02. The summed E-state index contributed by atoms with van der Waals surface area (Å²) >= 11 is 0. The van der Waals surface area contributed by atoms with Gasteiger partial charge >= 0.3 is 0 Å². The smallest absolute Gasteiger partial charge is 0.230 e. The van der Waals surface area contributed by atoms with E-state index in [4.69, 9.17) is 4.74 Å². The summed E-state index contributed by atoms with van der Waals surface area (Å²) in [7, 11) is 0. The van der Waals surface area contributed by atoms with E-state index in [9.17, 15) is 14.9 Å². The van der Waals surface area contributed by atoms with Crippen LogP contribution in [0.5, 0.6) is 0 Å². The van der Waals surface area contributed by atoms with Crippen molar-refractivity contribution in [2.45, 2.75) is 37.6 Å². The van der Waals surface area contributed by atoms with Crippen molar-refractivity contribution in [1.29, 1.82) is 0 Å². The number of nitro groups is 1. The molecule has 0 bridgehead atoms. The Hall–Kier alpha value is -1.79. The summed E-state index contributed by atoms with van der Waals surface area (Å²) in [6.07, 6.45) is 0.0753. The van der Waals surface area contributed by atoms with Gasteiger partial charge in [0.1, 0.15) is 24.5 Å². The van der Waals surface area contributed by atoms with Gasteiger partial charge in [0, 0.05) is 17.9 Å². The van der Waals surface area contributed by atoms with Crippen LogP contribution in [0, 0.1) is 10.1 Å². The minimum atomic E-state index is -0.743. The van der Waals surface area contributed by atoms with Crippen molar-refractivity contribution in [1.82, 2.24) is 5.32 Å². The van der Waals surface area contributed by atoms with Gasteiger partial charge in [-0.25, -0.2) is 0 Å². The molecule has 0 aliphatic carbocycles. The van der Waals surface area contributed by atoms with Gasteiger partial charge in [0.25, 0.3) is 0 Å². The molecule has 1 aliphatic rings. The van der Waals surface area contributed by atoms with Crippen molar-refractivity contribution in [3.8, 4) is 0 Å². The number of hydrogen-bond acceptors (Lipinski definition) is 5. The number of rotatable bonds is 5. The molecule has 1 saturated heterocycles. The van der Waals surface area contributed by atoms with Gasteiger partial charge in [-0.1, -0.05) is 37.3 Å². The van der Waals surface area contributed by atoms with E-state index in [1.54, 1.807) is 6.92 Å². The molecule has 4 atom stereocenters. The number of ether oxygens (including phenoxy) is 1. The average Bonchev–Trinajstić information content (AvgIpc) is 2.49. The highest BCUT2D eigenvalue weighted by atomic mass is 16.6. The largest absolute Gasteiger partial charge is 0.360 e. The first kappa shape index (κ1) is 14.6. The van der Waals surface area contributed by atoms with Gasteiger partial charge in [-0.15, -0.1) is 0 Å². The Bertz CT molecular complexity index is 466. The van der Waals surface area contributed by atoms with Crippen LogP contribution in [0.1, 0.15) is 25.0 Å². The molecule has 2 rings (SSSR count). The lowest BCUT2D eigenvalue weighted by atomic mass is 9.93. The monoisotopic (exact) mass is 278 g/mol. The van der Waals surface area contributed by atoms with Crippen LogP contribution in [0.15, 0.2) is 30.3 Å². The molecular weight excluding hydrogens is 260 g/mol. The molecule has 0 amide bonds. The number of nitrogens with zero attached hydrogens (tertiary/aromatic N) is 1. The third-order valence-corrected chi connectivity index (χ3v) is 3.59. The van der Waals surface area contributed by atoms with Gasteiger partial charge in [0.2, 0.25) is 6.04 Å². The van der Waals surface area contributed by atoms with Crippen LogP contribution in [-0.2, 0) is 9.53 Å². The van der Waals surface area contributed by atoms with E-state index < -0.39 is 24.3 Å². The molecule has 1 aliphatic heterocycles. The van der Waals surface area contributed by atoms with Crippen LogP contribution in [0.4, 0.5) is 0 Å². The fraction of sp³-hybridized carbons (Fsp3) is 0.500. The molecule has 6 heteroatoms. The highest BCUT2D eigenvalue weighted by Crippen LogP contribution is 2.29. The maximum Gasteiger partial charge on any atom is 0.230 e. The first-order chi connectivity index (χ1) is 9.67. The van der Waals surface area contributed by atoms with Crippen molar-refractivity contribution in [2.24, 2.45) is 0 Å². The first-order valence-electron chi connectivity index (χ1n) is 6.70. The minimum absolute atomic E-state index is 0.280. The number of hydrogen-bond donors (Lipinski definition) is 1. The second-order valence-corrected chi connectivity index (χ2v) is 4.84. The van der Waals surface area contributed by atoms with E-state index >= 15 is 0 Å². The van der Waals surface area contributed by atoms with Gasteiger partial charge < -0.3 is 14.8 Å². The van der Waals surface area contributed by atoms with E-state index in [-0.39, 0.29) is 4.92 Å². The summed E-state index contributed by atoms with van der Waals surface area (Å²) in [4.78, 5) is 21.8. The zero-order valence-electron chi connectivity index (χ0n) is 11.3. The average molecular weight is 278 g/mol. The van der Waals surface area contributed by atoms with Crippen molar-refractivity contribution in [2.75, 3.05) is 6.54 Å². The minimum Gasteiger partial charge on any atom is -0.360 e. The van der Waals surface area contributed by atoms with E-state index in [0.717, 1.165) is 11.8 Å². The molecule has 6 nitrogen and oxygen atoms in total. The van der Waals surface area contributed by atoms with Crippen LogP contribution in [0.25, 0.3) is 0 Å². The predicted octanol–water partition coefficient (Wildman–Crippen LogP) is 1.34. The fourth-order valence-electron chi connectivity index (χ4n) is 2.56. The molecule has 1 aromatic carbocycles. The Morgan fingerprint density at radius 3 is 2.75 bits per heavy atom. The number of morpholine rings is 1. The van der Waals surface area contributed by atoms with Gasteiger partial charge in [0.15, 0.2) is 0 Å². The molecule has 1 unspecified atom stereocenters. The predicted molar refractivity (Wildman–Crippen MR) is 73.0 cm³/mol. The first-order valence-corrected chi connectivity index (χ1v) is 6.70. The topological polar surface area (TPSA) is 81.5 Å². The van der Waals surface area contributed by atoms with E-state index in [1.807, 2.05) is 30.3 Å². The van der Waals surface area contributed by atoms with Crippen molar-refractivity contribution in [3.05, 3.63) is 46.0 Å². The van der Waals surface area contributed by atoms with Gasteiger partial charge in [-0.3, -0.25) is 10.1 Å². The van der Waals surface area contributed by atoms with Gasteiger partial charge in [0.05, 0.1) is 0 Å². The molecule has 0 radical (unpaired) electrons. The van der Waals surface area contributed by atoms with Crippen molar-refractivity contribution >= 4 is 6.29 Å². The molecule has 0 saturated carbocycles. The van der Waals surface area contributed by atoms with Crippen LogP contribution >= 0.6 is 0 Å².